The van der Waals surface area contributed by atoms with Crippen molar-refractivity contribution >= 4 is 11.6 Å². The summed E-state index contributed by atoms with van der Waals surface area (Å²) < 4.78 is 12.9. The first-order valence-corrected chi connectivity index (χ1v) is 8.41. The van der Waals surface area contributed by atoms with Gasteiger partial charge in [0.25, 0.3) is 5.91 Å². The molecular weight excluding hydrogens is 308 g/mol. The quantitative estimate of drug-likeness (QED) is 0.847. The Bertz CT molecular complexity index is 746. The summed E-state index contributed by atoms with van der Waals surface area (Å²) in [5, 5.41) is 4.21. The summed E-state index contributed by atoms with van der Waals surface area (Å²) in [6.45, 7) is 2.91. The summed E-state index contributed by atoms with van der Waals surface area (Å²) in [5.74, 6) is 0.517. The second-order valence-electron chi connectivity index (χ2n) is 6.77. The minimum atomic E-state index is -0.176. The highest BCUT2D eigenvalue weighted by atomic mass is 16.5. The monoisotopic (exact) mass is 330 g/mol. The van der Waals surface area contributed by atoms with E-state index in [-0.39, 0.29) is 11.5 Å². The fraction of sp³-hybridized carbons (Fsp3) is 0.588. The molecule has 7 heteroatoms. The van der Waals surface area contributed by atoms with E-state index in [0.717, 1.165) is 39.0 Å². The molecule has 0 bridgehead atoms. The van der Waals surface area contributed by atoms with Crippen molar-refractivity contribution in [3.8, 4) is 0 Å². The van der Waals surface area contributed by atoms with Gasteiger partial charge in [-0.15, -0.1) is 0 Å². The maximum atomic E-state index is 12.9. The summed E-state index contributed by atoms with van der Waals surface area (Å²) in [6, 6.07) is 1.80. The molecule has 0 saturated carbocycles. The van der Waals surface area contributed by atoms with Crippen molar-refractivity contribution in [1.82, 2.24) is 19.5 Å². The Labute approximate surface area is 140 Å². The zero-order chi connectivity index (χ0) is 16.6. The van der Waals surface area contributed by atoms with E-state index < -0.39 is 0 Å². The summed E-state index contributed by atoms with van der Waals surface area (Å²) >= 11 is 0. The van der Waals surface area contributed by atoms with Gasteiger partial charge in [0.1, 0.15) is 5.56 Å². The van der Waals surface area contributed by atoms with E-state index in [1.807, 2.05) is 4.90 Å². The van der Waals surface area contributed by atoms with Gasteiger partial charge in [-0.1, -0.05) is 0 Å². The number of ether oxygens (including phenoxy) is 2. The van der Waals surface area contributed by atoms with Crippen LogP contribution in [-0.4, -0.2) is 64.4 Å². The van der Waals surface area contributed by atoms with Crippen molar-refractivity contribution in [1.29, 1.82) is 0 Å². The number of hydrogen-bond donors (Lipinski definition) is 0. The van der Waals surface area contributed by atoms with E-state index in [4.69, 9.17) is 9.47 Å². The molecule has 1 spiro atoms. The summed E-state index contributed by atoms with van der Waals surface area (Å²) in [7, 11) is 1.73. The SMILES string of the molecule is COCC[C@H]1CO[C@]2(CCN(C(=O)c3cnn4cccnc34)C2)C1. The molecule has 24 heavy (non-hydrogen) atoms. The largest absolute Gasteiger partial charge is 0.385 e. The Morgan fingerprint density at radius 1 is 1.54 bits per heavy atom. The van der Waals surface area contributed by atoms with E-state index in [1.54, 1.807) is 36.3 Å². The molecule has 1 amide bonds. The molecule has 0 radical (unpaired) electrons. The third kappa shape index (κ3) is 2.67. The third-order valence-corrected chi connectivity index (χ3v) is 5.13. The topological polar surface area (TPSA) is 69.0 Å². The van der Waals surface area contributed by atoms with Gasteiger partial charge in [0.2, 0.25) is 0 Å². The molecule has 2 saturated heterocycles. The smallest absolute Gasteiger partial charge is 0.259 e. The van der Waals surface area contributed by atoms with Crippen molar-refractivity contribution in [3.63, 3.8) is 0 Å². The molecule has 2 atom stereocenters. The Hall–Kier alpha value is -1.99. The molecule has 2 fully saturated rings. The lowest BCUT2D eigenvalue weighted by molar-refractivity contribution is 0.0113. The number of fused-ring (bicyclic) bond motifs is 1. The first kappa shape index (κ1) is 15.5. The lowest BCUT2D eigenvalue weighted by Crippen LogP contribution is -2.35. The van der Waals surface area contributed by atoms with Crippen LogP contribution in [0.25, 0.3) is 5.65 Å². The van der Waals surface area contributed by atoms with Gasteiger partial charge in [0.05, 0.1) is 24.9 Å². The Balaban J connectivity index is 1.46. The maximum absolute atomic E-state index is 12.9. The number of hydrogen-bond acceptors (Lipinski definition) is 5. The molecule has 0 aliphatic carbocycles. The molecule has 2 aliphatic heterocycles. The number of methoxy groups -OCH3 is 1. The van der Waals surface area contributed by atoms with Gasteiger partial charge in [-0.25, -0.2) is 9.50 Å². The third-order valence-electron chi connectivity index (χ3n) is 5.13. The zero-order valence-electron chi connectivity index (χ0n) is 13.9. The lowest BCUT2D eigenvalue weighted by Gasteiger charge is -2.23. The van der Waals surface area contributed by atoms with Crippen molar-refractivity contribution in [2.75, 3.05) is 33.4 Å². The van der Waals surface area contributed by atoms with Crippen molar-refractivity contribution in [2.45, 2.75) is 24.9 Å². The minimum absolute atomic E-state index is 0.00971. The fourth-order valence-electron chi connectivity index (χ4n) is 3.86. The molecule has 7 nitrogen and oxygen atoms in total. The van der Waals surface area contributed by atoms with Gasteiger partial charge >= 0.3 is 0 Å². The molecule has 2 aromatic heterocycles. The first-order chi connectivity index (χ1) is 11.7. The van der Waals surface area contributed by atoms with E-state index >= 15 is 0 Å². The van der Waals surface area contributed by atoms with Crippen LogP contribution in [0, 0.1) is 5.92 Å². The number of amides is 1. The van der Waals surface area contributed by atoms with Gasteiger partial charge in [-0.2, -0.15) is 5.10 Å². The zero-order valence-corrected chi connectivity index (χ0v) is 13.9. The summed E-state index contributed by atoms with van der Waals surface area (Å²) in [5.41, 5.74) is 0.986. The van der Waals surface area contributed by atoms with Gasteiger partial charge in [0, 0.05) is 32.7 Å². The Kier molecular flexibility index (Phi) is 3.97. The summed E-state index contributed by atoms with van der Waals surface area (Å²) in [6.07, 6.45) is 8.00. The minimum Gasteiger partial charge on any atom is -0.385 e. The first-order valence-electron chi connectivity index (χ1n) is 8.41. The number of likely N-dealkylation sites (tertiary alicyclic amines) is 1. The number of rotatable bonds is 4. The lowest BCUT2D eigenvalue weighted by atomic mass is 9.92. The molecule has 2 aromatic rings. The van der Waals surface area contributed by atoms with Crippen LogP contribution in [-0.2, 0) is 9.47 Å². The molecule has 0 aromatic carbocycles. The Morgan fingerprint density at radius 3 is 3.33 bits per heavy atom. The van der Waals surface area contributed by atoms with Crippen LogP contribution >= 0.6 is 0 Å². The number of aromatic nitrogens is 3. The van der Waals surface area contributed by atoms with Crippen LogP contribution in [0.1, 0.15) is 29.6 Å². The van der Waals surface area contributed by atoms with Crippen molar-refractivity contribution in [2.24, 2.45) is 5.92 Å². The highest BCUT2D eigenvalue weighted by Crippen LogP contribution is 2.39. The fourth-order valence-corrected chi connectivity index (χ4v) is 3.86. The predicted molar refractivity (Wildman–Crippen MR) is 86.8 cm³/mol. The van der Waals surface area contributed by atoms with Crippen LogP contribution in [0.3, 0.4) is 0 Å². The van der Waals surface area contributed by atoms with Crippen molar-refractivity contribution in [3.05, 3.63) is 30.2 Å². The number of carbonyl (C=O) groups is 1. The van der Waals surface area contributed by atoms with Crippen LogP contribution < -0.4 is 0 Å². The van der Waals surface area contributed by atoms with E-state index in [9.17, 15) is 4.79 Å². The van der Waals surface area contributed by atoms with Crippen molar-refractivity contribution < 1.29 is 14.3 Å². The van der Waals surface area contributed by atoms with Crippen LogP contribution in [0.15, 0.2) is 24.7 Å². The normalized spacial score (nSPS) is 26.7. The number of nitrogens with zero attached hydrogens (tertiary/aromatic N) is 4. The maximum Gasteiger partial charge on any atom is 0.259 e. The predicted octanol–water partition coefficient (Wildman–Crippen LogP) is 1.39. The highest BCUT2D eigenvalue weighted by molar-refractivity contribution is 5.99. The highest BCUT2D eigenvalue weighted by Gasteiger charge is 2.46. The number of carbonyl (C=O) groups excluding carboxylic acids is 1. The molecule has 0 unspecified atom stereocenters. The van der Waals surface area contributed by atoms with Crippen LogP contribution in [0.5, 0.6) is 0 Å². The Morgan fingerprint density at radius 2 is 2.46 bits per heavy atom. The van der Waals surface area contributed by atoms with Gasteiger partial charge in [0.15, 0.2) is 5.65 Å². The standard InChI is InChI=1S/C17H22N4O3/c1-23-8-3-13-9-17(24-11-13)4-7-20(12-17)16(22)14-10-19-21-6-2-5-18-15(14)21/h2,5-6,10,13H,3-4,7-9,11-12H2,1H3/t13-,17-/m1/s1. The van der Waals surface area contributed by atoms with Crippen LogP contribution in [0.4, 0.5) is 0 Å². The molecular formula is C17H22N4O3. The molecule has 0 N–H and O–H groups in total. The van der Waals surface area contributed by atoms with E-state index in [2.05, 4.69) is 10.1 Å². The summed E-state index contributed by atoms with van der Waals surface area (Å²) in [4.78, 5) is 19.0. The van der Waals surface area contributed by atoms with E-state index in [1.165, 1.54) is 0 Å². The van der Waals surface area contributed by atoms with Gasteiger partial charge in [-0.3, -0.25) is 4.79 Å². The van der Waals surface area contributed by atoms with Gasteiger partial charge < -0.3 is 14.4 Å². The second-order valence-corrected chi connectivity index (χ2v) is 6.77. The molecule has 2 aliphatic rings. The van der Waals surface area contributed by atoms with Gasteiger partial charge in [-0.05, 0) is 31.2 Å². The molecule has 4 heterocycles. The second kappa shape index (κ2) is 6.14. The molecule has 4 rings (SSSR count). The average Bonchev–Trinajstić information content (AvgIpc) is 3.32. The average molecular weight is 330 g/mol. The molecule has 128 valence electrons. The van der Waals surface area contributed by atoms with Crippen LogP contribution in [0.2, 0.25) is 0 Å². The van der Waals surface area contributed by atoms with E-state index in [0.29, 0.717) is 23.7 Å².